The molecular formula is C20H20FN3O4S2. The third kappa shape index (κ3) is 3.66. The van der Waals surface area contributed by atoms with Crippen LogP contribution in [0.4, 0.5) is 9.52 Å². The summed E-state index contributed by atoms with van der Waals surface area (Å²) in [6.45, 7) is 2.17. The molecule has 0 saturated carbocycles. The summed E-state index contributed by atoms with van der Waals surface area (Å²) >= 11 is 1.31. The van der Waals surface area contributed by atoms with Gasteiger partial charge in [0.2, 0.25) is 15.9 Å². The van der Waals surface area contributed by atoms with E-state index in [4.69, 9.17) is 4.74 Å². The molecule has 158 valence electrons. The summed E-state index contributed by atoms with van der Waals surface area (Å²) < 4.78 is 46.5. The van der Waals surface area contributed by atoms with Crippen molar-refractivity contribution in [1.82, 2.24) is 9.29 Å². The van der Waals surface area contributed by atoms with Gasteiger partial charge in [0, 0.05) is 6.54 Å². The fourth-order valence-corrected chi connectivity index (χ4v) is 6.16. The van der Waals surface area contributed by atoms with Gasteiger partial charge in [-0.3, -0.25) is 4.79 Å². The van der Waals surface area contributed by atoms with E-state index in [1.807, 2.05) is 19.1 Å². The van der Waals surface area contributed by atoms with Crippen molar-refractivity contribution < 1.29 is 22.3 Å². The Kier molecular flexibility index (Phi) is 5.48. The summed E-state index contributed by atoms with van der Waals surface area (Å²) in [6.07, 6.45) is 0.963. The number of aromatic nitrogens is 1. The molecule has 0 radical (unpaired) electrons. The Bertz CT molecular complexity index is 1210. The number of carbonyl (C=O) groups is 1. The maximum absolute atomic E-state index is 13.2. The molecule has 2 aromatic carbocycles. The second-order valence-electron chi connectivity index (χ2n) is 7.00. The predicted molar refractivity (Wildman–Crippen MR) is 113 cm³/mol. The van der Waals surface area contributed by atoms with Gasteiger partial charge in [-0.25, -0.2) is 17.8 Å². The zero-order chi connectivity index (χ0) is 21.5. The van der Waals surface area contributed by atoms with Gasteiger partial charge in [0.1, 0.15) is 23.1 Å². The number of benzene rings is 2. The molecule has 1 saturated heterocycles. The lowest BCUT2D eigenvalue weighted by atomic mass is 10.2. The number of anilines is 1. The van der Waals surface area contributed by atoms with Crippen molar-refractivity contribution >= 4 is 42.6 Å². The van der Waals surface area contributed by atoms with E-state index in [0.717, 1.165) is 22.4 Å². The topological polar surface area (TPSA) is 88.6 Å². The van der Waals surface area contributed by atoms with E-state index in [-0.39, 0.29) is 11.4 Å². The average molecular weight is 450 g/mol. The number of halogens is 1. The highest BCUT2D eigenvalue weighted by atomic mass is 32.2. The Hall–Kier alpha value is -2.56. The van der Waals surface area contributed by atoms with Crippen molar-refractivity contribution in [3.8, 4) is 5.75 Å². The maximum Gasteiger partial charge on any atom is 0.244 e. The number of nitrogens with zero attached hydrogens (tertiary/aromatic N) is 2. The lowest BCUT2D eigenvalue weighted by molar-refractivity contribution is -0.119. The minimum Gasteiger partial charge on any atom is -0.494 e. The smallest absolute Gasteiger partial charge is 0.244 e. The number of amides is 1. The average Bonchev–Trinajstić information content (AvgIpc) is 3.37. The van der Waals surface area contributed by atoms with Gasteiger partial charge in [0.05, 0.1) is 16.7 Å². The van der Waals surface area contributed by atoms with Crippen LogP contribution >= 0.6 is 11.3 Å². The van der Waals surface area contributed by atoms with Crippen LogP contribution in [0.1, 0.15) is 18.4 Å². The second kappa shape index (κ2) is 7.93. The number of rotatable bonds is 5. The summed E-state index contributed by atoms with van der Waals surface area (Å²) in [6, 6.07) is 7.48. The SMILES string of the molecule is COc1ccc(C)c2sc(NC(=O)[C@H]3CCCN3S(=O)(=O)c3ccc(F)cc3)nc12. The fourth-order valence-electron chi connectivity index (χ4n) is 3.55. The van der Waals surface area contributed by atoms with Crippen LogP contribution in [0.3, 0.4) is 0 Å². The van der Waals surface area contributed by atoms with E-state index in [9.17, 15) is 17.6 Å². The van der Waals surface area contributed by atoms with Crippen LogP contribution in [-0.2, 0) is 14.8 Å². The van der Waals surface area contributed by atoms with Crippen molar-refractivity contribution in [1.29, 1.82) is 0 Å². The first kappa shape index (κ1) is 20.7. The third-order valence-corrected chi connectivity index (χ3v) is 8.11. The fraction of sp³-hybridized carbons (Fsp3) is 0.300. The van der Waals surface area contributed by atoms with Gasteiger partial charge < -0.3 is 10.1 Å². The van der Waals surface area contributed by atoms with Gasteiger partial charge in [-0.05, 0) is 55.7 Å². The van der Waals surface area contributed by atoms with E-state index in [1.54, 1.807) is 7.11 Å². The van der Waals surface area contributed by atoms with E-state index in [0.29, 0.717) is 29.2 Å². The van der Waals surface area contributed by atoms with Gasteiger partial charge in [-0.15, -0.1) is 0 Å². The number of hydrogen-bond donors (Lipinski definition) is 1. The number of hydrogen-bond acceptors (Lipinski definition) is 6. The molecule has 1 atom stereocenters. The summed E-state index contributed by atoms with van der Waals surface area (Å²) in [5.74, 6) is -0.353. The van der Waals surface area contributed by atoms with Crippen LogP contribution in [-0.4, -0.2) is 43.3 Å². The molecule has 1 amide bonds. The number of carbonyl (C=O) groups excluding carboxylic acids is 1. The molecule has 0 bridgehead atoms. The number of sulfonamides is 1. The van der Waals surface area contributed by atoms with Gasteiger partial charge in [-0.2, -0.15) is 4.31 Å². The first-order valence-corrected chi connectivity index (χ1v) is 11.6. The molecular weight excluding hydrogens is 429 g/mol. The van der Waals surface area contributed by atoms with Gasteiger partial charge >= 0.3 is 0 Å². The lowest BCUT2D eigenvalue weighted by Crippen LogP contribution is -2.43. The highest BCUT2D eigenvalue weighted by molar-refractivity contribution is 7.89. The Morgan fingerprint density at radius 3 is 2.70 bits per heavy atom. The number of methoxy groups -OCH3 is 1. The van der Waals surface area contributed by atoms with Crippen LogP contribution in [0.15, 0.2) is 41.3 Å². The van der Waals surface area contributed by atoms with Crippen molar-refractivity contribution in [2.24, 2.45) is 0 Å². The van der Waals surface area contributed by atoms with Crippen molar-refractivity contribution in [3.63, 3.8) is 0 Å². The molecule has 1 aliphatic rings. The number of nitrogens with one attached hydrogen (secondary N) is 1. The Balaban J connectivity index is 1.59. The van der Waals surface area contributed by atoms with Crippen LogP contribution in [0.25, 0.3) is 10.2 Å². The molecule has 0 spiro atoms. The molecule has 7 nitrogen and oxygen atoms in total. The Labute approximate surface area is 177 Å². The summed E-state index contributed by atoms with van der Waals surface area (Å²) in [5, 5.41) is 3.14. The molecule has 1 aliphatic heterocycles. The van der Waals surface area contributed by atoms with E-state index in [1.165, 1.54) is 27.8 Å². The lowest BCUT2D eigenvalue weighted by Gasteiger charge is -2.23. The predicted octanol–water partition coefficient (Wildman–Crippen LogP) is 3.54. The van der Waals surface area contributed by atoms with E-state index < -0.39 is 27.8 Å². The highest BCUT2D eigenvalue weighted by Crippen LogP contribution is 2.35. The van der Waals surface area contributed by atoms with Gasteiger partial charge in [0.15, 0.2) is 5.13 Å². The summed E-state index contributed by atoms with van der Waals surface area (Å²) in [4.78, 5) is 17.4. The van der Waals surface area contributed by atoms with Crippen molar-refractivity contribution in [2.75, 3.05) is 19.0 Å². The molecule has 0 unspecified atom stereocenters. The molecule has 1 fully saturated rings. The van der Waals surface area contributed by atoms with E-state index in [2.05, 4.69) is 10.3 Å². The summed E-state index contributed by atoms with van der Waals surface area (Å²) in [5.41, 5.74) is 1.66. The van der Waals surface area contributed by atoms with Crippen LogP contribution in [0, 0.1) is 12.7 Å². The first-order chi connectivity index (χ1) is 14.3. The monoisotopic (exact) mass is 449 g/mol. The number of fused-ring (bicyclic) bond motifs is 1. The minimum atomic E-state index is -3.92. The standard InChI is InChI=1S/C20H20FN3O4S2/c1-12-5-10-16(28-2)17-18(12)29-20(22-17)23-19(25)15-4-3-11-24(15)30(26,27)14-8-6-13(21)7-9-14/h5-10,15H,3-4,11H2,1-2H3,(H,22,23,25)/t15-/m1/s1. The van der Waals surface area contributed by atoms with Gasteiger partial charge in [-0.1, -0.05) is 17.4 Å². The number of aryl methyl sites for hydroxylation is 1. The Morgan fingerprint density at radius 1 is 1.27 bits per heavy atom. The van der Waals surface area contributed by atoms with Crippen LogP contribution < -0.4 is 10.1 Å². The molecule has 10 heteroatoms. The van der Waals surface area contributed by atoms with Crippen molar-refractivity contribution in [3.05, 3.63) is 47.8 Å². The zero-order valence-electron chi connectivity index (χ0n) is 16.4. The summed E-state index contributed by atoms with van der Waals surface area (Å²) in [7, 11) is -2.36. The van der Waals surface area contributed by atoms with Gasteiger partial charge in [0.25, 0.3) is 0 Å². The zero-order valence-corrected chi connectivity index (χ0v) is 18.0. The Morgan fingerprint density at radius 2 is 2.00 bits per heavy atom. The number of thiazole rings is 1. The first-order valence-electron chi connectivity index (χ1n) is 9.33. The van der Waals surface area contributed by atoms with E-state index >= 15 is 0 Å². The molecule has 4 rings (SSSR count). The highest BCUT2D eigenvalue weighted by Gasteiger charge is 2.39. The molecule has 1 aromatic heterocycles. The minimum absolute atomic E-state index is 0.0380. The quantitative estimate of drug-likeness (QED) is 0.644. The molecule has 1 N–H and O–H groups in total. The van der Waals surface area contributed by atoms with Crippen LogP contribution in [0.5, 0.6) is 5.75 Å². The molecule has 2 heterocycles. The largest absolute Gasteiger partial charge is 0.494 e. The van der Waals surface area contributed by atoms with Crippen LogP contribution in [0.2, 0.25) is 0 Å². The third-order valence-electron chi connectivity index (χ3n) is 5.08. The molecule has 0 aliphatic carbocycles. The number of ether oxygens (including phenoxy) is 1. The molecule has 3 aromatic rings. The van der Waals surface area contributed by atoms with Crippen molar-refractivity contribution in [2.45, 2.75) is 30.7 Å². The molecule has 30 heavy (non-hydrogen) atoms. The second-order valence-corrected chi connectivity index (χ2v) is 9.89. The normalized spacial score (nSPS) is 17.4. The maximum atomic E-state index is 13.2.